The van der Waals surface area contributed by atoms with Crippen molar-refractivity contribution in [2.24, 2.45) is 0 Å². The molecule has 10 heavy (non-hydrogen) atoms. The van der Waals surface area contributed by atoms with Gasteiger partial charge >= 0.3 is 7.12 Å². The molecule has 0 heterocycles. The van der Waals surface area contributed by atoms with E-state index in [0.717, 1.165) is 5.57 Å². The van der Waals surface area contributed by atoms with Crippen molar-refractivity contribution < 1.29 is 10.0 Å². The molecule has 3 heteroatoms. The van der Waals surface area contributed by atoms with E-state index < -0.39 is 7.12 Å². The molecule has 2 N–H and O–H groups in total. The van der Waals surface area contributed by atoms with Crippen molar-refractivity contribution in [1.82, 2.24) is 0 Å². The molecule has 0 aromatic heterocycles. The van der Waals surface area contributed by atoms with Crippen LogP contribution in [0.5, 0.6) is 0 Å². The SMILES string of the molecule is C=C/C(C)=C(\C=C)B(O)O. The second kappa shape index (κ2) is 4.09. The zero-order valence-electron chi connectivity index (χ0n) is 6.04. The van der Waals surface area contributed by atoms with Crippen LogP contribution in [0, 0.1) is 0 Å². The maximum Gasteiger partial charge on any atom is 0.488 e. The summed E-state index contributed by atoms with van der Waals surface area (Å²) in [7, 11) is -1.45. The second-order valence-electron chi connectivity index (χ2n) is 1.92. The van der Waals surface area contributed by atoms with Crippen LogP contribution >= 0.6 is 0 Å². The second-order valence-corrected chi connectivity index (χ2v) is 1.92. The Labute approximate surface area is 61.3 Å². The highest BCUT2D eigenvalue weighted by atomic mass is 16.4. The Morgan fingerprint density at radius 2 is 1.80 bits per heavy atom. The Balaban J connectivity index is 4.61. The Morgan fingerprint density at radius 3 is 1.90 bits per heavy atom. The topological polar surface area (TPSA) is 40.5 Å². The highest BCUT2D eigenvalue weighted by Crippen LogP contribution is 2.06. The fourth-order valence-electron chi connectivity index (χ4n) is 0.588. The molecule has 0 saturated heterocycles. The van der Waals surface area contributed by atoms with E-state index in [1.807, 2.05) is 0 Å². The Kier molecular flexibility index (Phi) is 3.76. The summed E-state index contributed by atoms with van der Waals surface area (Å²) in [6.45, 7) is 8.65. The third-order valence-corrected chi connectivity index (χ3v) is 1.26. The molecule has 0 bridgehead atoms. The summed E-state index contributed by atoms with van der Waals surface area (Å²) in [4.78, 5) is 0. The summed E-state index contributed by atoms with van der Waals surface area (Å²) >= 11 is 0. The van der Waals surface area contributed by atoms with Crippen LogP contribution in [0.3, 0.4) is 0 Å². The fraction of sp³-hybridized carbons (Fsp3) is 0.143. The predicted molar refractivity (Wildman–Crippen MR) is 43.3 cm³/mol. The van der Waals surface area contributed by atoms with Crippen LogP contribution in [-0.4, -0.2) is 17.2 Å². The van der Waals surface area contributed by atoms with Crippen molar-refractivity contribution >= 4 is 7.12 Å². The highest BCUT2D eigenvalue weighted by Gasteiger charge is 2.12. The quantitative estimate of drug-likeness (QED) is 0.444. The number of hydrogen-bond donors (Lipinski definition) is 2. The van der Waals surface area contributed by atoms with Crippen LogP contribution in [-0.2, 0) is 0 Å². The van der Waals surface area contributed by atoms with Crippen molar-refractivity contribution in [2.45, 2.75) is 6.92 Å². The van der Waals surface area contributed by atoms with Gasteiger partial charge in [-0.05, 0) is 12.4 Å². The first-order valence-corrected chi connectivity index (χ1v) is 2.95. The zero-order valence-corrected chi connectivity index (χ0v) is 6.04. The lowest BCUT2D eigenvalue weighted by Gasteiger charge is -2.01. The fourth-order valence-corrected chi connectivity index (χ4v) is 0.588. The molecule has 0 unspecified atom stereocenters. The van der Waals surface area contributed by atoms with Gasteiger partial charge in [0.05, 0.1) is 0 Å². The smallest absolute Gasteiger partial charge is 0.423 e. The van der Waals surface area contributed by atoms with Gasteiger partial charge in [-0.1, -0.05) is 30.9 Å². The normalized spacial score (nSPS) is 11.9. The van der Waals surface area contributed by atoms with E-state index >= 15 is 0 Å². The number of allylic oxidation sites excluding steroid dienone is 4. The molecular weight excluding hydrogens is 127 g/mol. The molecule has 0 spiro atoms. The molecule has 0 aromatic rings. The van der Waals surface area contributed by atoms with Gasteiger partial charge in [0.1, 0.15) is 0 Å². The Hall–Kier alpha value is -0.795. The van der Waals surface area contributed by atoms with Crippen LogP contribution in [0.2, 0.25) is 0 Å². The van der Waals surface area contributed by atoms with Gasteiger partial charge in [-0.2, -0.15) is 0 Å². The summed E-state index contributed by atoms with van der Waals surface area (Å²) in [5.41, 5.74) is 1.13. The third kappa shape index (κ3) is 2.21. The van der Waals surface area contributed by atoms with E-state index in [4.69, 9.17) is 10.0 Å². The molecule has 54 valence electrons. The summed E-state index contributed by atoms with van der Waals surface area (Å²) < 4.78 is 0. The average Bonchev–Trinajstić information content (AvgIpc) is 1.88. The maximum absolute atomic E-state index is 8.69. The van der Waals surface area contributed by atoms with Crippen molar-refractivity contribution in [2.75, 3.05) is 0 Å². The van der Waals surface area contributed by atoms with Crippen LogP contribution in [0.25, 0.3) is 0 Å². The van der Waals surface area contributed by atoms with Crippen molar-refractivity contribution in [3.63, 3.8) is 0 Å². The maximum atomic E-state index is 8.69. The number of rotatable bonds is 3. The van der Waals surface area contributed by atoms with Crippen LogP contribution in [0.15, 0.2) is 36.4 Å². The molecular formula is C7H11BO2. The van der Waals surface area contributed by atoms with Crippen molar-refractivity contribution in [1.29, 1.82) is 0 Å². The highest BCUT2D eigenvalue weighted by molar-refractivity contribution is 6.52. The molecule has 2 nitrogen and oxygen atoms in total. The van der Waals surface area contributed by atoms with Crippen molar-refractivity contribution in [3.05, 3.63) is 36.4 Å². The lowest BCUT2D eigenvalue weighted by Crippen LogP contribution is -2.14. The lowest BCUT2D eigenvalue weighted by atomic mass is 9.76. The van der Waals surface area contributed by atoms with Gasteiger partial charge in [0.25, 0.3) is 0 Å². The Bertz CT molecular complexity index is 170. The molecule has 0 atom stereocenters. The van der Waals surface area contributed by atoms with E-state index in [1.54, 1.807) is 13.0 Å². The van der Waals surface area contributed by atoms with E-state index in [-0.39, 0.29) is 0 Å². The molecule has 0 amide bonds. The van der Waals surface area contributed by atoms with Gasteiger partial charge in [0.15, 0.2) is 0 Å². The molecule has 0 radical (unpaired) electrons. The summed E-state index contributed by atoms with van der Waals surface area (Å²) in [6.07, 6.45) is 2.96. The van der Waals surface area contributed by atoms with E-state index in [9.17, 15) is 0 Å². The van der Waals surface area contributed by atoms with Crippen LogP contribution < -0.4 is 0 Å². The monoisotopic (exact) mass is 138 g/mol. The largest absolute Gasteiger partial charge is 0.488 e. The van der Waals surface area contributed by atoms with Gasteiger partial charge < -0.3 is 10.0 Å². The molecule has 0 aliphatic carbocycles. The minimum atomic E-state index is -1.45. The minimum Gasteiger partial charge on any atom is -0.423 e. The van der Waals surface area contributed by atoms with Gasteiger partial charge in [0, 0.05) is 0 Å². The standard InChI is InChI=1S/C7H11BO2/c1-4-6(3)7(5-2)8(9)10/h4-5,9-10H,1-2H2,3H3/b7-6+. The van der Waals surface area contributed by atoms with E-state index in [0.29, 0.717) is 5.47 Å². The predicted octanol–water partition coefficient (Wildman–Crippen LogP) is 0.687. The van der Waals surface area contributed by atoms with Crippen LogP contribution in [0.4, 0.5) is 0 Å². The molecule has 0 aliphatic rings. The number of hydrogen-bond acceptors (Lipinski definition) is 2. The average molecular weight is 138 g/mol. The summed E-state index contributed by atoms with van der Waals surface area (Å²) in [6, 6.07) is 0. The van der Waals surface area contributed by atoms with Crippen molar-refractivity contribution in [3.8, 4) is 0 Å². The Morgan fingerprint density at radius 1 is 1.30 bits per heavy atom. The van der Waals surface area contributed by atoms with Gasteiger partial charge in [-0.15, -0.1) is 0 Å². The molecule has 0 aliphatic heterocycles. The first-order chi connectivity index (χ1) is 4.63. The van der Waals surface area contributed by atoms with E-state index in [1.165, 1.54) is 6.08 Å². The van der Waals surface area contributed by atoms with Crippen LogP contribution in [0.1, 0.15) is 6.92 Å². The zero-order chi connectivity index (χ0) is 8.15. The minimum absolute atomic E-state index is 0.398. The van der Waals surface area contributed by atoms with Gasteiger partial charge in [0.2, 0.25) is 0 Å². The first kappa shape index (κ1) is 9.20. The molecule has 0 saturated carbocycles. The summed E-state index contributed by atoms with van der Waals surface area (Å²) in [5.74, 6) is 0. The van der Waals surface area contributed by atoms with Gasteiger partial charge in [-0.25, -0.2) is 0 Å². The lowest BCUT2D eigenvalue weighted by molar-refractivity contribution is 0.420. The summed E-state index contributed by atoms with van der Waals surface area (Å²) in [5, 5.41) is 17.4. The third-order valence-electron chi connectivity index (χ3n) is 1.26. The molecule has 0 aromatic carbocycles. The molecule has 0 rings (SSSR count). The first-order valence-electron chi connectivity index (χ1n) is 2.95. The molecule has 0 fully saturated rings. The van der Waals surface area contributed by atoms with Gasteiger partial charge in [-0.3, -0.25) is 0 Å². The van der Waals surface area contributed by atoms with E-state index in [2.05, 4.69) is 13.2 Å².